The minimum atomic E-state index is -0.472. The molecule has 1 aromatic carbocycles. The van der Waals surface area contributed by atoms with Gasteiger partial charge in [0.2, 0.25) is 0 Å². The predicted molar refractivity (Wildman–Crippen MR) is 75.5 cm³/mol. The van der Waals surface area contributed by atoms with Crippen LogP contribution in [0.4, 0.5) is 0 Å². The van der Waals surface area contributed by atoms with E-state index in [1.54, 1.807) is 0 Å². The number of aliphatic hydroxyl groups is 1. The SMILES string of the molecule is Cc1cccc(CNCC2(O)CCCCCC2)c1. The first-order valence-corrected chi connectivity index (χ1v) is 7.17. The number of hydrogen-bond acceptors (Lipinski definition) is 2. The zero-order valence-corrected chi connectivity index (χ0v) is 11.4. The van der Waals surface area contributed by atoms with Gasteiger partial charge in [0.05, 0.1) is 5.60 Å². The summed E-state index contributed by atoms with van der Waals surface area (Å²) in [6.07, 6.45) is 6.80. The van der Waals surface area contributed by atoms with Crippen LogP contribution in [0.5, 0.6) is 0 Å². The summed E-state index contributed by atoms with van der Waals surface area (Å²) in [6.45, 7) is 3.69. The standard InChI is InChI=1S/C16H25NO/c1-14-7-6-8-15(11-14)12-17-13-16(18)9-4-2-3-5-10-16/h6-8,11,17-18H,2-5,9-10,12-13H2,1H3. The van der Waals surface area contributed by atoms with Gasteiger partial charge in [0.15, 0.2) is 0 Å². The van der Waals surface area contributed by atoms with E-state index >= 15 is 0 Å². The van der Waals surface area contributed by atoms with Crippen molar-refractivity contribution >= 4 is 0 Å². The number of aryl methyl sites for hydroxylation is 1. The average Bonchev–Trinajstić information content (AvgIpc) is 2.55. The molecule has 2 heteroatoms. The van der Waals surface area contributed by atoms with Gasteiger partial charge in [-0.2, -0.15) is 0 Å². The van der Waals surface area contributed by atoms with E-state index in [-0.39, 0.29) is 0 Å². The maximum absolute atomic E-state index is 10.5. The van der Waals surface area contributed by atoms with E-state index in [0.29, 0.717) is 0 Å². The largest absolute Gasteiger partial charge is 0.389 e. The summed E-state index contributed by atoms with van der Waals surface area (Å²) in [5.74, 6) is 0. The number of benzene rings is 1. The summed E-state index contributed by atoms with van der Waals surface area (Å²) >= 11 is 0. The van der Waals surface area contributed by atoms with Crippen LogP contribution >= 0.6 is 0 Å². The Hall–Kier alpha value is -0.860. The Bertz CT molecular complexity index is 367. The predicted octanol–water partition coefficient (Wildman–Crippen LogP) is 3.17. The lowest BCUT2D eigenvalue weighted by molar-refractivity contribution is 0.0250. The first kappa shape index (κ1) is 13.6. The van der Waals surface area contributed by atoms with Crippen LogP contribution < -0.4 is 5.32 Å². The molecule has 0 aromatic heterocycles. The van der Waals surface area contributed by atoms with Crippen LogP contribution in [0.2, 0.25) is 0 Å². The van der Waals surface area contributed by atoms with Crippen LogP contribution in [0, 0.1) is 6.92 Å². The second kappa shape index (κ2) is 6.35. The Balaban J connectivity index is 1.80. The summed E-state index contributed by atoms with van der Waals surface area (Å²) in [6, 6.07) is 8.54. The molecule has 2 N–H and O–H groups in total. The number of rotatable bonds is 4. The van der Waals surface area contributed by atoms with Gasteiger partial charge in [0.1, 0.15) is 0 Å². The van der Waals surface area contributed by atoms with E-state index in [1.165, 1.54) is 36.8 Å². The fraction of sp³-hybridized carbons (Fsp3) is 0.625. The van der Waals surface area contributed by atoms with Crippen LogP contribution in [-0.2, 0) is 6.54 Å². The molecule has 18 heavy (non-hydrogen) atoms. The quantitative estimate of drug-likeness (QED) is 0.801. The highest BCUT2D eigenvalue weighted by Crippen LogP contribution is 2.26. The molecule has 1 fully saturated rings. The molecule has 0 radical (unpaired) electrons. The Labute approximate surface area is 110 Å². The highest BCUT2D eigenvalue weighted by Gasteiger charge is 2.27. The zero-order chi connectivity index (χ0) is 12.8. The molecule has 0 aliphatic heterocycles. The second-order valence-electron chi connectivity index (χ2n) is 5.73. The number of hydrogen-bond donors (Lipinski definition) is 2. The fourth-order valence-corrected chi connectivity index (χ4v) is 2.83. The van der Waals surface area contributed by atoms with Crippen molar-refractivity contribution in [3.63, 3.8) is 0 Å². The third kappa shape index (κ3) is 4.11. The third-order valence-electron chi connectivity index (χ3n) is 3.90. The molecule has 2 nitrogen and oxygen atoms in total. The van der Waals surface area contributed by atoms with Crippen molar-refractivity contribution in [3.8, 4) is 0 Å². The molecule has 1 aliphatic carbocycles. The molecule has 0 bridgehead atoms. The normalized spacial score (nSPS) is 19.4. The maximum Gasteiger partial charge on any atom is 0.0771 e. The van der Waals surface area contributed by atoms with Gasteiger partial charge in [-0.1, -0.05) is 55.5 Å². The molecular formula is C16H25NO. The lowest BCUT2D eigenvalue weighted by Crippen LogP contribution is -2.39. The van der Waals surface area contributed by atoms with E-state index in [0.717, 1.165) is 25.9 Å². The van der Waals surface area contributed by atoms with Crippen LogP contribution in [0.3, 0.4) is 0 Å². The lowest BCUT2D eigenvalue weighted by Gasteiger charge is -2.27. The summed E-state index contributed by atoms with van der Waals surface area (Å²) < 4.78 is 0. The highest BCUT2D eigenvalue weighted by atomic mass is 16.3. The van der Waals surface area contributed by atoms with Crippen molar-refractivity contribution in [2.45, 2.75) is 57.6 Å². The smallest absolute Gasteiger partial charge is 0.0771 e. The molecule has 0 spiro atoms. The van der Waals surface area contributed by atoms with E-state index < -0.39 is 5.60 Å². The van der Waals surface area contributed by atoms with Gasteiger partial charge < -0.3 is 10.4 Å². The molecule has 0 unspecified atom stereocenters. The van der Waals surface area contributed by atoms with Crippen molar-refractivity contribution in [2.24, 2.45) is 0 Å². The second-order valence-corrected chi connectivity index (χ2v) is 5.73. The molecule has 1 aliphatic rings. The molecule has 1 aromatic rings. The van der Waals surface area contributed by atoms with Crippen LogP contribution in [0.25, 0.3) is 0 Å². The van der Waals surface area contributed by atoms with Gasteiger partial charge >= 0.3 is 0 Å². The van der Waals surface area contributed by atoms with E-state index in [1.807, 2.05) is 0 Å². The van der Waals surface area contributed by atoms with Crippen molar-refractivity contribution in [1.82, 2.24) is 5.32 Å². The highest BCUT2D eigenvalue weighted by molar-refractivity contribution is 5.21. The Morgan fingerprint density at radius 3 is 2.56 bits per heavy atom. The van der Waals surface area contributed by atoms with Crippen LogP contribution in [-0.4, -0.2) is 17.3 Å². The Kier molecular flexibility index (Phi) is 4.79. The minimum Gasteiger partial charge on any atom is -0.389 e. The Morgan fingerprint density at radius 2 is 1.89 bits per heavy atom. The lowest BCUT2D eigenvalue weighted by atomic mass is 9.94. The van der Waals surface area contributed by atoms with Gasteiger partial charge in [0.25, 0.3) is 0 Å². The molecule has 1 saturated carbocycles. The molecule has 0 saturated heterocycles. The monoisotopic (exact) mass is 247 g/mol. The molecule has 0 heterocycles. The molecule has 100 valence electrons. The summed E-state index contributed by atoms with van der Waals surface area (Å²) in [4.78, 5) is 0. The van der Waals surface area contributed by atoms with Crippen molar-refractivity contribution < 1.29 is 5.11 Å². The summed E-state index contributed by atoms with van der Waals surface area (Å²) in [5.41, 5.74) is 2.12. The fourth-order valence-electron chi connectivity index (χ4n) is 2.83. The van der Waals surface area contributed by atoms with Crippen molar-refractivity contribution in [1.29, 1.82) is 0 Å². The first-order chi connectivity index (χ1) is 8.68. The summed E-state index contributed by atoms with van der Waals surface area (Å²) in [7, 11) is 0. The van der Waals surface area contributed by atoms with Gasteiger partial charge in [-0.3, -0.25) is 0 Å². The molecule has 0 atom stereocenters. The molecule has 0 amide bonds. The number of nitrogens with one attached hydrogen (secondary N) is 1. The molecular weight excluding hydrogens is 222 g/mol. The first-order valence-electron chi connectivity index (χ1n) is 7.17. The molecule has 2 rings (SSSR count). The minimum absolute atomic E-state index is 0.472. The van der Waals surface area contributed by atoms with Crippen molar-refractivity contribution in [3.05, 3.63) is 35.4 Å². The third-order valence-corrected chi connectivity index (χ3v) is 3.90. The van der Waals surface area contributed by atoms with Crippen LogP contribution in [0.1, 0.15) is 49.7 Å². The zero-order valence-electron chi connectivity index (χ0n) is 11.4. The van der Waals surface area contributed by atoms with Gasteiger partial charge in [-0.15, -0.1) is 0 Å². The van der Waals surface area contributed by atoms with Crippen molar-refractivity contribution in [2.75, 3.05) is 6.54 Å². The average molecular weight is 247 g/mol. The van der Waals surface area contributed by atoms with E-state index in [4.69, 9.17) is 0 Å². The van der Waals surface area contributed by atoms with Gasteiger partial charge in [-0.25, -0.2) is 0 Å². The van der Waals surface area contributed by atoms with Gasteiger partial charge in [-0.05, 0) is 25.3 Å². The van der Waals surface area contributed by atoms with E-state index in [9.17, 15) is 5.11 Å². The van der Waals surface area contributed by atoms with E-state index in [2.05, 4.69) is 36.5 Å². The van der Waals surface area contributed by atoms with Gasteiger partial charge in [0, 0.05) is 13.1 Å². The summed E-state index contributed by atoms with van der Waals surface area (Å²) in [5, 5.41) is 13.9. The Morgan fingerprint density at radius 1 is 1.17 bits per heavy atom. The topological polar surface area (TPSA) is 32.3 Å². The maximum atomic E-state index is 10.5. The van der Waals surface area contributed by atoms with Crippen LogP contribution in [0.15, 0.2) is 24.3 Å².